The Hall–Kier alpha value is -1.67. The maximum absolute atomic E-state index is 11.8. The van der Waals surface area contributed by atoms with Crippen LogP contribution in [0.1, 0.15) is 42.3 Å². The van der Waals surface area contributed by atoms with Crippen molar-refractivity contribution in [2.45, 2.75) is 32.4 Å². The Balaban J connectivity index is 2.79. The Morgan fingerprint density at radius 3 is 2.57 bits per heavy atom. The lowest BCUT2D eigenvalue weighted by atomic mass is 10.2. The fourth-order valence-electron chi connectivity index (χ4n) is 1.44. The highest BCUT2D eigenvalue weighted by atomic mass is 32.1. The maximum atomic E-state index is 11.8. The highest BCUT2D eigenvalue weighted by molar-refractivity contribution is 7.09. The summed E-state index contributed by atoms with van der Waals surface area (Å²) >= 11 is 1.24. The molecule has 118 valence electrons. The molecule has 21 heavy (non-hydrogen) atoms. The molecule has 1 aromatic heterocycles. The fraction of sp³-hybridized carbons (Fsp3) is 0.615. The van der Waals surface area contributed by atoms with Gasteiger partial charge in [-0.3, -0.25) is 0 Å². The minimum Gasteiger partial charge on any atom is -0.464 e. The molecule has 7 nitrogen and oxygen atoms in total. The zero-order chi connectivity index (χ0) is 16.0. The first-order valence-electron chi connectivity index (χ1n) is 6.29. The van der Waals surface area contributed by atoms with Gasteiger partial charge in [0.15, 0.2) is 5.69 Å². The molecule has 0 bridgehead atoms. The Morgan fingerprint density at radius 2 is 2.05 bits per heavy atom. The molecule has 0 radical (unpaired) electrons. The number of esters is 1. The van der Waals surface area contributed by atoms with E-state index in [0.29, 0.717) is 5.01 Å². The summed E-state index contributed by atoms with van der Waals surface area (Å²) in [6, 6.07) is -0.492. The molecule has 0 aliphatic rings. The summed E-state index contributed by atoms with van der Waals surface area (Å²) in [5.41, 5.74) is -0.397. The molecule has 0 aromatic carbocycles. The molecule has 0 unspecified atom stereocenters. The second-order valence-corrected chi connectivity index (χ2v) is 6.11. The molecule has 0 saturated heterocycles. The number of aromatic nitrogens is 1. The van der Waals surface area contributed by atoms with Crippen LogP contribution in [0.2, 0.25) is 0 Å². The molecule has 1 rings (SSSR count). The number of hydrogen-bond donors (Lipinski definition) is 1. The molecule has 0 aliphatic heterocycles. The van der Waals surface area contributed by atoms with E-state index in [0.717, 1.165) is 0 Å². The Labute approximate surface area is 127 Å². The number of carbonyl (C=O) groups excluding carboxylic acids is 2. The summed E-state index contributed by atoms with van der Waals surface area (Å²) in [6.45, 7) is 5.54. The number of amides is 1. The Bertz CT molecular complexity index is 495. The van der Waals surface area contributed by atoms with Crippen molar-refractivity contribution in [2.75, 3.05) is 20.8 Å². The molecule has 1 amide bonds. The minimum atomic E-state index is -0.595. The fourth-order valence-corrected chi connectivity index (χ4v) is 2.26. The van der Waals surface area contributed by atoms with Gasteiger partial charge in [0, 0.05) is 12.5 Å². The molecule has 0 fully saturated rings. The molecular formula is C13H20N2O5S. The van der Waals surface area contributed by atoms with Crippen LogP contribution in [-0.2, 0) is 14.2 Å². The van der Waals surface area contributed by atoms with Gasteiger partial charge in [0.25, 0.3) is 0 Å². The van der Waals surface area contributed by atoms with E-state index in [1.165, 1.54) is 25.6 Å². The zero-order valence-corrected chi connectivity index (χ0v) is 13.6. The van der Waals surface area contributed by atoms with Crippen LogP contribution in [0.4, 0.5) is 4.79 Å². The standard InChI is InChI=1S/C13H20N2O5S/c1-13(2,3)20-12(17)15-8(6-18-4)10-14-9(7-21-10)11(16)19-5/h7-8H,6H2,1-5H3,(H,15,17)/t8-/m0/s1. The van der Waals surface area contributed by atoms with E-state index in [4.69, 9.17) is 9.47 Å². The van der Waals surface area contributed by atoms with Gasteiger partial charge < -0.3 is 19.5 Å². The van der Waals surface area contributed by atoms with Crippen LogP contribution in [0.5, 0.6) is 0 Å². The third-order valence-corrected chi connectivity index (χ3v) is 3.20. The highest BCUT2D eigenvalue weighted by Crippen LogP contribution is 2.20. The van der Waals surface area contributed by atoms with Crippen molar-refractivity contribution in [1.29, 1.82) is 0 Å². The van der Waals surface area contributed by atoms with Crippen LogP contribution in [-0.4, -0.2) is 43.5 Å². The normalized spacial score (nSPS) is 12.6. The average Bonchev–Trinajstić information content (AvgIpc) is 2.84. The molecule has 1 N–H and O–H groups in total. The van der Waals surface area contributed by atoms with Crippen LogP contribution >= 0.6 is 11.3 Å². The van der Waals surface area contributed by atoms with Gasteiger partial charge in [0.2, 0.25) is 0 Å². The molecule has 1 atom stereocenters. The van der Waals surface area contributed by atoms with E-state index in [1.807, 2.05) is 0 Å². The van der Waals surface area contributed by atoms with E-state index < -0.39 is 23.7 Å². The van der Waals surface area contributed by atoms with Gasteiger partial charge in [-0.1, -0.05) is 0 Å². The van der Waals surface area contributed by atoms with Crippen molar-refractivity contribution in [3.05, 3.63) is 16.1 Å². The summed E-state index contributed by atoms with van der Waals surface area (Å²) in [4.78, 5) is 27.3. The van der Waals surface area contributed by atoms with Crippen molar-refractivity contribution in [1.82, 2.24) is 10.3 Å². The molecule has 1 aromatic rings. The van der Waals surface area contributed by atoms with Crippen LogP contribution in [0.3, 0.4) is 0 Å². The number of nitrogens with zero attached hydrogens (tertiary/aromatic N) is 1. The largest absolute Gasteiger partial charge is 0.464 e. The zero-order valence-electron chi connectivity index (χ0n) is 12.8. The molecule has 8 heteroatoms. The topological polar surface area (TPSA) is 86.8 Å². The number of nitrogens with one attached hydrogen (secondary N) is 1. The van der Waals surface area contributed by atoms with Crippen molar-refractivity contribution < 1.29 is 23.8 Å². The number of alkyl carbamates (subject to hydrolysis) is 1. The van der Waals surface area contributed by atoms with Gasteiger partial charge in [-0.15, -0.1) is 11.3 Å². The van der Waals surface area contributed by atoms with Crippen molar-refractivity contribution in [3.8, 4) is 0 Å². The molecular weight excluding hydrogens is 296 g/mol. The number of hydrogen-bond acceptors (Lipinski definition) is 7. The molecule has 1 heterocycles. The van der Waals surface area contributed by atoms with Gasteiger partial charge >= 0.3 is 12.1 Å². The first kappa shape index (κ1) is 17.4. The number of ether oxygens (including phenoxy) is 3. The summed E-state index contributed by atoms with van der Waals surface area (Å²) in [5, 5.41) is 4.79. The van der Waals surface area contributed by atoms with E-state index >= 15 is 0 Å². The van der Waals surface area contributed by atoms with Gasteiger partial charge in [-0.2, -0.15) is 0 Å². The SMILES string of the molecule is COC[C@H](NC(=O)OC(C)(C)C)c1nc(C(=O)OC)cs1. The van der Waals surface area contributed by atoms with E-state index in [-0.39, 0.29) is 12.3 Å². The minimum absolute atomic E-state index is 0.199. The predicted octanol–water partition coefficient (Wildman–Crippen LogP) is 2.14. The highest BCUT2D eigenvalue weighted by Gasteiger charge is 2.23. The molecule has 0 aliphatic carbocycles. The van der Waals surface area contributed by atoms with Crippen molar-refractivity contribution >= 4 is 23.4 Å². The monoisotopic (exact) mass is 316 g/mol. The second kappa shape index (κ2) is 7.37. The number of thiazole rings is 1. The lowest BCUT2D eigenvalue weighted by Crippen LogP contribution is -2.36. The van der Waals surface area contributed by atoms with Gasteiger partial charge in [-0.05, 0) is 20.8 Å². The average molecular weight is 316 g/mol. The van der Waals surface area contributed by atoms with Crippen LogP contribution in [0.25, 0.3) is 0 Å². The van der Waals surface area contributed by atoms with Gasteiger partial charge in [0.1, 0.15) is 16.7 Å². The quantitative estimate of drug-likeness (QED) is 0.838. The summed E-state index contributed by atoms with van der Waals surface area (Å²) in [5.74, 6) is -0.522. The predicted molar refractivity (Wildman–Crippen MR) is 77.4 cm³/mol. The van der Waals surface area contributed by atoms with Crippen LogP contribution in [0, 0.1) is 0 Å². The Morgan fingerprint density at radius 1 is 1.38 bits per heavy atom. The van der Waals surface area contributed by atoms with Gasteiger partial charge in [-0.25, -0.2) is 14.6 Å². The van der Waals surface area contributed by atoms with Gasteiger partial charge in [0.05, 0.1) is 13.7 Å². The maximum Gasteiger partial charge on any atom is 0.408 e. The van der Waals surface area contributed by atoms with Crippen LogP contribution in [0.15, 0.2) is 5.38 Å². The van der Waals surface area contributed by atoms with E-state index in [9.17, 15) is 9.59 Å². The van der Waals surface area contributed by atoms with Crippen molar-refractivity contribution in [3.63, 3.8) is 0 Å². The first-order chi connectivity index (χ1) is 9.76. The summed E-state index contributed by atoms with van der Waals surface area (Å²) in [6.07, 6.45) is -0.570. The lowest BCUT2D eigenvalue weighted by molar-refractivity contribution is 0.0467. The Kier molecular flexibility index (Phi) is 6.10. The van der Waals surface area contributed by atoms with Crippen LogP contribution < -0.4 is 5.32 Å². The lowest BCUT2D eigenvalue weighted by Gasteiger charge is -2.22. The van der Waals surface area contributed by atoms with E-state index in [2.05, 4.69) is 15.0 Å². The second-order valence-electron chi connectivity index (χ2n) is 5.22. The third kappa shape index (κ3) is 5.68. The summed E-state index contributed by atoms with van der Waals surface area (Å²) < 4.78 is 14.9. The first-order valence-corrected chi connectivity index (χ1v) is 7.17. The molecule has 0 saturated carbocycles. The number of methoxy groups -OCH3 is 2. The summed E-state index contributed by atoms with van der Waals surface area (Å²) in [7, 11) is 2.80. The van der Waals surface area contributed by atoms with Crippen molar-refractivity contribution in [2.24, 2.45) is 0 Å². The third-order valence-electron chi connectivity index (χ3n) is 2.24. The smallest absolute Gasteiger partial charge is 0.408 e. The number of rotatable bonds is 5. The number of carbonyl (C=O) groups is 2. The molecule has 0 spiro atoms. The van der Waals surface area contributed by atoms with E-state index in [1.54, 1.807) is 26.2 Å².